The lowest BCUT2D eigenvalue weighted by atomic mass is 10.4. The summed E-state index contributed by atoms with van der Waals surface area (Å²) in [4.78, 5) is 0. The first-order valence-electron chi connectivity index (χ1n) is 5.13. The van der Waals surface area contributed by atoms with Crippen LogP contribution in [0, 0.1) is 5.41 Å². The third-order valence-electron chi connectivity index (χ3n) is 2.13. The number of nitrogens with zero attached hydrogens (tertiary/aromatic N) is 1. The standard InChI is InChI=1S/C9H21N3O3S/c1-8(2)16(13,14)12(6-7-15-3)5-4-9(10)11/h8H,4-7H2,1-3H3,(H3,10,11). The van der Waals surface area contributed by atoms with Gasteiger partial charge in [-0.25, -0.2) is 8.42 Å². The number of nitrogens with two attached hydrogens (primary N) is 1. The lowest BCUT2D eigenvalue weighted by Crippen LogP contribution is -2.40. The Morgan fingerprint density at radius 2 is 2.00 bits per heavy atom. The van der Waals surface area contributed by atoms with Crippen molar-refractivity contribution in [1.29, 1.82) is 5.41 Å². The Balaban J connectivity index is 4.59. The molecule has 0 atom stereocenters. The van der Waals surface area contributed by atoms with Crippen LogP contribution in [0.2, 0.25) is 0 Å². The van der Waals surface area contributed by atoms with Crippen molar-refractivity contribution >= 4 is 15.9 Å². The fraction of sp³-hybridized carbons (Fsp3) is 0.889. The number of methoxy groups -OCH3 is 1. The van der Waals surface area contributed by atoms with Crippen LogP contribution in [-0.4, -0.2) is 50.6 Å². The molecule has 0 aliphatic rings. The molecule has 96 valence electrons. The van der Waals surface area contributed by atoms with Crippen LogP contribution in [0.25, 0.3) is 0 Å². The summed E-state index contributed by atoms with van der Waals surface area (Å²) in [5, 5.41) is 6.63. The minimum atomic E-state index is -3.31. The molecule has 0 radical (unpaired) electrons. The topological polar surface area (TPSA) is 96.5 Å². The number of hydrogen-bond donors (Lipinski definition) is 2. The molecule has 0 amide bonds. The molecule has 0 saturated carbocycles. The SMILES string of the molecule is COCCN(CCC(=N)N)S(=O)(=O)C(C)C. The number of amidine groups is 1. The highest BCUT2D eigenvalue weighted by atomic mass is 32.2. The van der Waals surface area contributed by atoms with Gasteiger partial charge in [0.25, 0.3) is 0 Å². The van der Waals surface area contributed by atoms with Gasteiger partial charge in [0.1, 0.15) is 0 Å². The number of hydrogen-bond acceptors (Lipinski definition) is 4. The third kappa shape index (κ3) is 4.91. The van der Waals surface area contributed by atoms with E-state index in [9.17, 15) is 8.42 Å². The van der Waals surface area contributed by atoms with Gasteiger partial charge in [0.2, 0.25) is 10.0 Å². The van der Waals surface area contributed by atoms with E-state index in [0.717, 1.165) is 0 Å². The highest BCUT2D eigenvalue weighted by Crippen LogP contribution is 2.08. The van der Waals surface area contributed by atoms with E-state index in [-0.39, 0.29) is 18.8 Å². The minimum absolute atomic E-state index is 0.0126. The summed E-state index contributed by atoms with van der Waals surface area (Å²) in [5.41, 5.74) is 5.22. The van der Waals surface area contributed by atoms with Crippen LogP contribution >= 0.6 is 0 Å². The van der Waals surface area contributed by atoms with Gasteiger partial charge in [0, 0.05) is 26.6 Å². The van der Waals surface area contributed by atoms with Crippen molar-refractivity contribution in [2.45, 2.75) is 25.5 Å². The van der Waals surface area contributed by atoms with Crippen molar-refractivity contribution in [1.82, 2.24) is 4.31 Å². The maximum absolute atomic E-state index is 11.9. The molecule has 0 aromatic carbocycles. The second-order valence-electron chi connectivity index (χ2n) is 3.76. The normalized spacial score (nSPS) is 12.3. The summed E-state index contributed by atoms with van der Waals surface area (Å²) in [5.74, 6) is -0.0126. The Morgan fingerprint density at radius 3 is 2.38 bits per heavy atom. The highest BCUT2D eigenvalue weighted by Gasteiger charge is 2.25. The zero-order valence-corrected chi connectivity index (χ0v) is 10.9. The van der Waals surface area contributed by atoms with Crippen molar-refractivity contribution in [3.8, 4) is 0 Å². The molecule has 6 nitrogen and oxygen atoms in total. The molecule has 7 heteroatoms. The van der Waals surface area contributed by atoms with Crippen LogP contribution in [0.15, 0.2) is 0 Å². The molecule has 0 aliphatic carbocycles. The minimum Gasteiger partial charge on any atom is -0.388 e. The maximum atomic E-state index is 11.9. The average Bonchev–Trinajstić information content (AvgIpc) is 2.16. The van der Waals surface area contributed by atoms with E-state index in [1.54, 1.807) is 13.8 Å². The lowest BCUT2D eigenvalue weighted by Gasteiger charge is -2.23. The van der Waals surface area contributed by atoms with E-state index >= 15 is 0 Å². The van der Waals surface area contributed by atoms with Gasteiger partial charge in [-0.05, 0) is 13.8 Å². The van der Waals surface area contributed by atoms with E-state index in [2.05, 4.69) is 0 Å². The second kappa shape index (κ2) is 6.82. The first-order valence-corrected chi connectivity index (χ1v) is 6.63. The lowest BCUT2D eigenvalue weighted by molar-refractivity contribution is 0.179. The molecule has 0 unspecified atom stereocenters. The van der Waals surface area contributed by atoms with Gasteiger partial charge in [-0.2, -0.15) is 4.31 Å². The predicted octanol–water partition coefficient (Wildman–Crippen LogP) is -0.000930. The van der Waals surface area contributed by atoms with Crippen molar-refractivity contribution in [2.75, 3.05) is 26.8 Å². The van der Waals surface area contributed by atoms with Crippen molar-refractivity contribution in [3.63, 3.8) is 0 Å². The zero-order chi connectivity index (χ0) is 12.8. The average molecular weight is 251 g/mol. The van der Waals surface area contributed by atoms with Gasteiger partial charge in [-0.3, -0.25) is 5.41 Å². The molecule has 0 bridgehead atoms. The van der Waals surface area contributed by atoms with E-state index in [0.29, 0.717) is 13.2 Å². The zero-order valence-electron chi connectivity index (χ0n) is 10.1. The molecule has 0 rings (SSSR count). The maximum Gasteiger partial charge on any atom is 0.216 e. The number of sulfonamides is 1. The summed E-state index contributed by atoms with van der Waals surface area (Å²) >= 11 is 0. The van der Waals surface area contributed by atoms with Gasteiger partial charge in [0.05, 0.1) is 17.7 Å². The fourth-order valence-electron chi connectivity index (χ4n) is 1.10. The van der Waals surface area contributed by atoms with Gasteiger partial charge >= 0.3 is 0 Å². The van der Waals surface area contributed by atoms with E-state index in [1.165, 1.54) is 11.4 Å². The van der Waals surface area contributed by atoms with Gasteiger partial charge < -0.3 is 10.5 Å². The number of rotatable bonds is 8. The van der Waals surface area contributed by atoms with Gasteiger partial charge in [0.15, 0.2) is 0 Å². The Morgan fingerprint density at radius 1 is 1.44 bits per heavy atom. The van der Waals surface area contributed by atoms with Crippen molar-refractivity contribution in [3.05, 3.63) is 0 Å². The predicted molar refractivity (Wildman–Crippen MR) is 64.0 cm³/mol. The van der Waals surface area contributed by atoms with E-state index in [4.69, 9.17) is 15.9 Å². The molecular weight excluding hydrogens is 230 g/mol. The third-order valence-corrected chi connectivity index (χ3v) is 4.41. The van der Waals surface area contributed by atoms with Crippen molar-refractivity contribution < 1.29 is 13.2 Å². The molecule has 0 aliphatic heterocycles. The summed E-state index contributed by atoms with van der Waals surface area (Å²) in [6, 6.07) is 0. The molecule has 0 saturated heterocycles. The molecule has 16 heavy (non-hydrogen) atoms. The van der Waals surface area contributed by atoms with Crippen LogP contribution in [0.4, 0.5) is 0 Å². The summed E-state index contributed by atoms with van der Waals surface area (Å²) in [6.45, 7) is 4.12. The summed E-state index contributed by atoms with van der Waals surface area (Å²) in [7, 11) is -1.79. The molecule has 0 spiro atoms. The smallest absolute Gasteiger partial charge is 0.216 e. The number of nitrogens with one attached hydrogen (secondary N) is 1. The van der Waals surface area contributed by atoms with E-state index in [1.807, 2.05) is 0 Å². The quantitative estimate of drug-likeness (QED) is 0.469. The van der Waals surface area contributed by atoms with E-state index < -0.39 is 15.3 Å². The summed E-state index contributed by atoms with van der Waals surface area (Å²) in [6.07, 6.45) is 0.246. The first kappa shape index (κ1) is 15.3. The Kier molecular flexibility index (Phi) is 6.54. The van der Waals surface area contributed by atoms with Crippen LogP contribution in [0.3, 0.4) is 0 Å². The monoisotopic (exact) mass is 251 g/mol. The first-order chi connectivity index (χ1) is 7.32. The van der Waals surface area contributed by atoms with Gasteiger partial charge in [-0.1, -0.05) is 0 Å². The van der Waals surface area contributed by atoms with Crippen LogP contribution in [0.1, 0.15) is 20.3 Å². The molecule has 0 aromatic rings. The molecule has 3 N–H and O–H groups in total. The Labute approximate surface area is 97.3 Å². The van der Waals surface area contributed by atoms with Crippen LogP contribution in [-0.2, 0) is 14.8 Å². The van der Waals surface area contributed by atoms with Gasteiger partial charge in [-0.15, -0.1) is 0 Å². The molecule has 0 heterocycles. The van der Waals surface area contributed by atoms with Crippen molar-refractivity contribution in [2.24, 2.45) is 5.73 Å². The second-order valence-corrected chi connectivity index (χ2v) is 6.25. The molecular formula is C9H21N3O3S. The fourth-order valence-corrected chi connectivity index (χ4v) is 2.37. The summed E-state index contributed by atoms with van der Waals surface area (Å²) < 4.78 is 30.0. The Bertz CT molecular complexity index is 314. The molecule has 0 fully saturated rings. The molecule has 0 aromatic heterocycles. The Hall–Kier alpha value is -0.660. The highest BCUT2D eigenvalue weighted by molar-refractivity contribution is 7.89. The largest absolute Gasteiger partial charge is 0.388 e. The van der Waals surface area contributed by atoms with Crippen LogP contribution in [0.5, 0.6) is 0 Å². The van der Waals surface area contributed by atoms with Crippen LogP contribution < -0.4 is 5.73 Å². The number of ether oxygens (including phenoxy) is 1.